The van der Waals surface area contributed by atoms with Crippen LogP contribution in [0.25, 0.3) is 0 Å². The second kappa shape index (κ2) is 6.26. The first-order chi connectivity index (χ1) is 7.84. The maximum Gasteiger partial charge on any atom is 0.123 e. The van der Waals surface area contributed by atoms with Crippen molar-refractivity contribution in [3.8, 4) is 0 Å². The van der Waals surface area contributed by atoms with E-state index in [0.717, 1.165) is 24.6 Å². The van der Waals surface area contributed by atoms with Crippen LogP contribution in [0.5, 0.6) is 0 Å². The molecule has 1 N–H and O–H groups in total. The van der Waals surface area contributed by atoms with Gasteiger partial charge in [0.2, 0.25) is 0 Å². The average Bonchev–Trinajstić information content (AvgIpc) is 3.10. The number of hydrogen-bond donors (Lipinski definition) is 1. The van der Waals surface area contributed by atoms with Gasteiger partial charge in [0, 0.05) is 18.8 Å². The van der Waals surface area contributed by atoms with E-state index in [1.54, 1.807) is 0 Å². The Hall–Kier alpha value is -0.540. The van der Waals surface area contributed by atoms with E-state index in [0.29, 0.717) is 0 Å². The minimum Gasteiger partial charge on any atom is -0.312 e. The molecule has 0 aliphatic heterocycles. The van der Waals surface area contributed by atoms with Gasteiger partial charge in [-0.3, -0.25) is 0 Å². The molecule has 0 aromatic heterocycles. The zero-order valence-corrected chi connectivity index (χ0v) is 10.2. The van der Waals surface area contributed by atoms with Gasteiger partial charge in [-0.15, -0.1) is 0 Å². The summed E-state index contributed by atoms with van der Waals surface area (Å²) in [5, 5.41) is 3.37. The van der Waals surface area contributed by atoms with Crippen LogP contribution in [-0.2, 0) is 6.54 Å². The van der Waals surface area contributed by atoms with Gasteiger partial charge in [0.05, 0.1) is 0 Å². The van der Waals surface area contributed by atoms with Gasteiger partial charge in [-0.05, 0) is 42.2 Å². The minimum absolute atomic E-state index is 0.163. The van der Waals surface area contributed by atoms with Crippen molar-refractivity contribution < 1.29 is 4.39 Å². The van der Waals surface area contributed by atoms with E-state index >= 15 is 0 Å². The number of rotatable bonds is 7. The first kappa shape index (κ1) is 11.9. The third-order valence-electron chi connectivity index (χ3n) is 2.72. The summed E-state index contributed by atoms with van der Waals surface area (Å²) in [6.45, 7) is 1.87. The Morgan fingerprint density at radius 1 is 1.25 bits per heavy atom. The van der Waals surface area contributed by atoms with E-state index < -0.39 is 0 Å². The van der Waals surface area contributed by atoms with Crippen LogP contribution in [-0.4, -0.2) is 18.1 Å². The van der Waals surface area contributed by atoms with Crippen LogP contribution in [0.15, 0.2) is 24.3 Å². The fourth-order valence-corrected chi connectivity index (χ4v) is 2.64. The molecule has 0 unspecified atom stereocenters. The Bertz CT molecular complexity index is 308. The molecule has 3 heteroatoms. The molecule has 0 radical (unpaired) electrons. The Morgan fingerprint density at radius 3 is 2.69 bits per heavy atom. The molecule has 1 aliphatic rings. The Morgan fingerprint density at radius 2 is 2.00 bits per heavy atom. The summed E-state index contributed by atoms with van der Waals surface area (Å²) in [5.74, 6) is 3.36. The van der Waals surface area contributed by atoms with Gasteiger partial charge >= 0.3 is 0 Å². The molecule has 0 amide bonds. The lowest BCUT2D eigenvalue weighted by atomic mass is 10.2. The quantitative estimate of drug-likeness (QED) is 0.734. The maximum atomic E-state index is 12.6. The van der Waals surface area contributed by atoms with Crippen LogP contribution in [0.1, 0.15) is 18.4 Å². The molecule has 1 aliphatic carbocycles. The van der Waals surface area contributed by atoms with Crippen molar-refractivity contribution >= 4 is 11.8 Å². The summed E-state index contributed by atoms with van der Waals surface area (Å²) in [6.07, 6.45) is 2.88. The molecule has 1 saturated carbocycles. The molecule has 1 nitrogen and oxygen atoms in total. The molecular formula is C13H18FNS. The van der Waals surface area contributed by atoms with Gasteiger partial charge in [-0.1, -0.05) is 12.1 Å². The first-order valence-corrected chi connectivity index (χ1v) is 7.03. The molecule has 1 fully saturated rings. The molecule has 16 heavy (non-hydrogen) atoms. The molecule has 0 heterocycles. The van der Waals surface area contributed by atoms with Crippen LogP contribution >= 0.6 is 11.8 Å². The zero-order valence-electron chi connectivity index (χ0n) is 9.42. The SMILES string of the molecule is Fc1ccc(CNCCSCC2CC2)cc1. The van der Waals surface area contributed by atoms with Crippen LogP contribution in [0, 0.1) is 11.7 Å². The summed E-state index contributed by atoms with van der Waals surface area (Å²) in [5.41, 5.74) is 1.15. The van der Waals surface area contributed by atoms with Crippen molar-refractivity contribution in [1.82, 2.24) is 5.32 Å². The highest BCUT2D eigenvalue weighted by molar-refractivity contribution is 7.99. The summed E-state index contributed by atoms with van der Waals surface area (Å²) < 4.78 is 12.6. The highest BCUT2D eigenvalue weighted by Crippen LogP contribution is 2.32. The summed E-state index contributed by atoms with van der Waals surface area (Å²) in [7, 11) is 0. The van der Waals surface area contributed by atoms with E-state index in [9.17, 15) is 4.39 Å². The smallest absolute Gasteiger partial charge is 0.123 e. The number of nitrogens with one attached hydrogen (secondary N) is 1. The molecule has 1 aromatic carbocycles. The monoisotopic (exact) mass is 239 g/mol. The molecule has 0 spiro atoms. The summed E-state index contributed by atoms with van der Waals surface area (Å²) >= 11 is 2.04. The average molecular weight is 239 g/mol. The highest BCUT2D eigenvalue weighted by Gasteiger charge is 2.20. The number of thioether (sulfide) groups is 1. The molecule has 0 atom stereocenters. The van der Waals surface area contributed by atoms with Gasteiger partial charge in [-0.2, -0.15) is 11.8 Å². The van der Waals surface area contributed by atoms with Crippen LogP contribution in [0.2, 0.25) is 0 Å². The molecular weight excluding hydrogens is 221 g/mol. The van der Waals surface area contributed by atoms with E-state index in [2.05, 4.69) is 5.32 Å². The van der Waals surface area contributed by atoms with Crippen molar-refractivity contribution in [1.29, 1.82) is 0 Å². The second-order valence-electron chi connectivity index (χ2n) is 4.32. The molecule has 0 saturated heterocycles. The van der Waals surface area contributed by atoms with Crippen LogP contribution in [0.3, 0.4) is 0 Å². The number of hydrogen-bond acceptors (Lipinski definition) is 2. The molecule has 88 valence electrons. The standard InChI is InChI=1S/C13H18FNS/c14-13-5-3-11(4-6-13)9-15-7-8-16-10-12-1-2-12/h3-6,12,15H,1-2,7-10H2. The first-order valence-electron chi connectivity index (χ1n) is 5.87. The number of halogens is 1. The number of benzene rings is 1. The lowest BCUT2D eigenvalue weighted by molar-refractivity contribution is 0.625. The lowest BCUT2D eigenvalue weighted by Crippen LogP contribution is -2.16. The predicted octanol–water partition coefficient (Wildman–Crippen LogP) is 3.06. The molecule has 2 rings (SSSR count). The van der Waals surface area contributed by atoms with E-state index in [1.165, 1.54) is 36.5 Å². The largest absolute Gasteiger partial charge is 0.312 e. The summed E-state index contributed by atoms with van der Waals surface area (Å²) in [4.78, 5) is 0. The van der Waals surface area contributed by atoms with Crippen LogP contribution in [0.4, 0.5) is 4.39 Å². The Labute approximate surface area is 101 Å². The van der Waals surface area contributed by atoms with Crippen molar-refractivity contribution in [3.05, 3.63) is 35.6 Å². The van der Waals surface area contributed by atoms with E-state index in [4.69, 9.17) is 0 Å². The maximum absolute atomic E-state index is 12.6. The Kier molecular flexibility index (Phi) is 4.67. The van der Waals surface area contributed by atoms with E-state index in [-0.39, 0.29) is 5.82 Å². The minimum atomic E-state index is -0.163. The van der Waals surface area contributed by atoms with Gasteiger partial charge in [-0.25, -0.2) is 4.39 Å². The topological polar surface area (TPSA) is 12.0 Å². The fourth-order valence-electron chi connectivity index (χ4n) is 1.51. The van der Waals surface area contributed by atoms with Gasteiger partial charge < -0.3 is 5.32 Å². The third kappa shape index (κ3) is 4.54. The fraction of sp³-hybridized carbons (Fsp3) is 0.538. The van der Waals surface area contributed by atoms with Gasteiger partial charge in [0.15, 0.2) is 0 Å². The summed E-state index contributed by atoms with van der Waals surface area (Å²) in [6, 6.07) is 6.69. The predicted molar refractivity (Wildman–Crippen MR) is 68.2 cm³/mol. The van der Waals surface area contributed by atoms with Crippen molar-refractivity contribution in [3.63, 3.8) is 0 Å². The van der Waals surface area contributed by atoms with Crippen molar-refractivity contribution in [2.24, 2.45) is 5.92 Å². The second-order valence-corrected chi connectivity index (χ2v) is 5.47. The zero-order chi connectivity index (χ0) is 11.2. The van der Waals surface area contributed by atoms with Gasteiger partial charge in [0.1, 0.15) is 5.82 Å². The molecule has 1 aromatic rings. The highest BCUT2D eigenvalue weighted by atomic mass is 32.2. The van der Waals surface area contributed by atoms with Crippen molar-refractivity contribution in [2.75, 3.05) is 18.1 Å². The Balaban J connectivity index is 1.51. The molecule has 0 bridgehead atoms. The van der Waals surface area contributed by atoms with Crippen LogP contribution < -0.4 is 5.32 Å². The van der Waals surface area contributed by atoms with E-state index in [1.807, 2.05) is 23.9 Å². The van der Waals surface area contributed by atoms with Crippen molar-refractivity contribution in [2.45, 2.75) is 19.4 Å². The lowest BCUT2D eigenvalue weighted by Gasteiger charge is -2.04. The third-order valence-corrected chi connectivity index (χ3v) is 3.92. The van der Waals surface area contributed by atoms with Gasteiger partial charge in [0.25, 0.3) is 0 Å². The normalized spacial score (nSPS) is 15.3.